The number of aryl methyl sites for hydroxylation is 3. The maximum absolute atomic E-state index is 12.9. The van der Waals surface area contributed by atoms with Crippen molar-refractivity contribution >= 4 is 21.6 Å². The first kappa shape index (κ1) is 20.3. The van der Waals surface area contributed by atoms with Crippen molar-refractivity contribution in [2.24, 2.45) is 0 Å². The Bertz CT molecular complexity index is 1230. The van der Waals surface area contributed by atoms with E-state index in [-0.39, 0.29) is 29.9 Å². The molecule has 158 valence electrons. The molecule has 0 bridgehead atoms. The van der Waals surface area contributed by atoms with E-state index >= 15 is 0 Å². The molecule has 1 aliphatic heterocycles. The summed E-state index contributed by atoms with van der Waals surface area (Å²) in [6.45, 7) is 5.96. The minimum Gasteiger partial charge on any atom is -0.497 e. The van der Waals surface area contributed by atoms with E-state index in [2.05, 4.69) is 15.4 Å². The summed E-state index contributed by atoms with van der Waals surface area (Å²) in [5, 5.41) is 7.31. The number of carbonyl (C=O) groups is 1. The number of hydrogen-bond donors (Lipinski definition) is 1. The van der Waals surface area contributed by atoms with Crippen LogP contribution in [0.25, 0.3) is 5.65 Å². The monoisotopic (exact) mass is 429 g/mol. The van der Waals surface area contributed by atoms with E-state index < -0.39 is 10.0 Å². The van der Waals surface area contributed by atoms with Crippen LogP contribution in [0.2, 0.25) is 0 Å². The highest BCUT2D eigenvalue weighted by Gasteiger charge is 2.38. The molecule has 1 amide bonds. The Morgan fingerprint density at radius 1 is 1.17 bits per heavy atom. The fourth-order valence-corrected chi connectivity index (χ4v) is 5.10. The lowest BCUT2D eigenvalue weighted by Crippen LogP contribution is -2.60. The van der Waals surface area contributed by atoms with Crippen molar-refractivity contribution in [3.8, 4) is 5.75 Å². The van der Waals surface area contributed by atoms with Crippen LogP contribution in [0.4, 0.5) is 0 Å². The van der Waals surface area contributed by atoms with Gasteiger partial charge in [-0.1, -0.05) is 0 Å². The Balaban J connectivity index is 1.47. The van der Waals surface area contributed by atoms with Gasteiger partial charge in [0.15, 0.2) is 5.65 Å². The van der Waals surface area contributed by atoms with Crippen molar-refractivity contribution in [1.82, 2.24) is 24.2 Å². The maximum Gasteiger partial charge on any atom is 0.257 e. The Morgan fingerprint density at radius 2 is 1.83 bits per heavy atom. The number of amides is 1. The van der Waals surface area contributed by atoms with Crippen LogP contribution in [-0.2, 0) is 10.0 Å². The Labute approximate surface area is 174 Å². The third kappa shape index (κ3) is 3.41. The second-order valence-corrected chi connectivity index (χ2v) is 9.34. The van der Waals surface area contributed by atoms with Gasteiger partial charge in [0.05, 0.1) is 23.7 Å². The number of hydrogen-bond acceptors (Lipinski definition) is 6. The molecule has 10 heteroatoms. The molecule has 1 saturated heterocycles. The van der Waals surface area contributed by atoms with Gasteiger partial charge in [-0.05, 0) is 51.1 Å². The molecular weight excluding hydrogens is 406 g/mol. The number of sulfonamides is 1. The molecular formula is C20H23N5O4S. The molecule has 1 N–H and O–H groups in total. The Kier molecular flexibility index (Phi) is 4.99. The predicted molar refractivity (Wildman–Crippen MR) is 110 cm³/mol. The summed E-state index contributed by atoms with van der Waals surface area (Å²) in [5.74, 6) is 0.289. The zero-order chi connectivity index (χ0) is 21.6. The van der Waals surface area contributed by atoms with E-state index in [4.69, 9.17) is 4.74 Å². The minimum absolute atomic E-state index is 0.196. The number of fused-ring (bicyclic) bond motifs is 1. The van der Waals surface area contributed by atoms with Gasteiger partial charge in [0.1, 0.15) is 11.3 Å². The molecule has 0 spiro atoms. The van der Waals surface area contributed by atoms with Crippen LogP contribution in [0.15, 0.2) is 35.2 Å². The van der Waals surface area contributed by atoms with E-state index in [1.54, 1.807) is 23.6 Å². The SMILES string of the molecule is COc1ccc(S(=O)(=O)N2CC(NC(=O)c3c(C)nn4c(C)cc(C)nc34)C2)cc1. The summed E-state index contributed by atoms with van der Waals surface area (Å²) >= 11 is 0. The Morgan fingerprint density at radius 3 is 2.47 bits per heavy atom. The number of rotatable bonds is 5. The number of carbonyl (C=O) groups excluding carboxylic acids is 1. The van der Waals surface area contributed by atoms with E-state index in [9.17, 15) is 13.2 Å². The van der Waals surface area contributed by atoms with Crippen molar-refractivity contribution in [3.63, 3.8) is 0 Å². The van der Waals surface area contributed by atoms with Crippen molar-refractivity contribution in [2.75, 3.05) is 20.2 Å². The lowest BCUT2D eigenvalue weighted by atomic mass is 10.1. The third-order valence-electron chi connectivity index (χ3n) is 5.18. The smallest absolute Gasteiger partial charge is 0.257 e. The van der Waals surface area contributed by atoms with Gasteiger partial charge >= 0.3 is 0 Å². The van der Waals surface area contributed by atoms with Gasteiger partial charge in [0.25, 0.3) is 5.91 Å². The lowest BCUT2D eigenvalue weighted by molar-refractivity contribution is 0.0896. The van der Waals surface area contributed by atoms with Gasteiger partial charge in [-0.25, -0.2) is 17.9 Å². The lowest BCUT2D eigenvalue weighted by Gasteiger charge is -2.38. The molecule has 4 rings (SSSR count). The maximum atomic E-state index is 12.9. The quantitative estimate of drug-likeness (QED) is 0.658. The summed E-state index contributed by atoms with van der Waals surface area (Å²) in [6, 6.07) is 7.87. The zero-order valence-electron chi connectivity index (χ0n) is 17.2. The number of methoxy groups -OCH3 is 1. The van der Waals surface area contributed by atoms with E-state index in [0.29, 0.717) is 22.7 Å². The molecule has 0 radical (unpaired) electrons. The first-order valence-corrected chi connectivity index (χ1v) is 10.9. The van der Waals surface area contributed by atoms with Crippen LogP contribution in [0, 0.1) is 20.8 Å². The largest absolute Gasteiger partial charge is 0.497 e. The molecule has 9 nitrogen and oxygen atoms in total. The molecule has 3 heterocycles. The van der Waals surface area contributed by atoms with Gasteiger partial charge < -0.3 is 10.1 Å². The molecule has 0 atom stereocenters. The number of benzene rings is 1. The van der Waals surface area contributed by atoms with E-state index in [1.165, 1.54) is 23.5 Å². The van der Waals surface area contributed by atoms with Crippen LogP contribution in [0.5, 0.6) is 5.75 Å². The molecule has 0 saturated carbocycles. The van der Waals surface area contributed by atoms with E-state index in [0.717, 1.165) is 11.4 Å². The van der Waals surface area contributed by atoms with Gasteiger partial charge in [-0.15, -0.1) is 0 Å². The number of aromatic nitrogens is 3. The fraction of sp³-hybridized carbons (Fsp3) is 0.350. The summed E-state index contributed by atoms with van der Waals surface area (Å²) in [5.41, 5.74) is 3.19. The summed E-state index contributed by atoms with van der Waals surface area (Å²) < 4.78 is 33.5. The highest BCUT2D eigenvalue weighted by atomic mass is 32.2. The molecule has 2 aromatic heterocycles. The molecule has 1 aliphatic rings. The first-order chi connectivity index (χ1) is 14.2. The number of nitrogens with one attached hydrogen (secondary N) is 1. The summed E-state index contributed by atoms with van der Waals surface area (Å²) in [7, 11) is -2.08. The minimum atomic E-state index is -3.61. The van der Waals surface area contributed by atoms with E-state index in [1.807, 2.05) is 19.9 Å². The van der Waals surface area contributed by atoms with Crippen LogP contribution in [-0.4, -0.2) is 59.5 Å². The van der Waals surface area contributed by atoms with Crippen LogP contribution < -0.4 is 10.1 Å². The van der Waals surface area contributed by atoms with Crippen molar-refractivity contribution in [1.29, 1.82) is 0 Å². The van der Waals surface area contributed by atoms with Gasteiger partial charge in [0.2, 0.25) is 10.0 Å². The topological polar surface area (TPSA) is 106 Å². The second-order valence-electron chi connectivity index (χ2n) is 7.40. The van der Waals surface area contributed by atoms with Crippen molar-refractivity contribution in [3.05, 3.63) is 53.0 Å². The molecule has 3 aromatic rings. The number of nitrogens with zero attached hydrogens (tertiary/aromatic N) is 4. The molecule has 1 fully saturated rings. The van der Waals surface area contributed by atoms with Crippen molar-refractivity contribution < 1.29 is 17.9 Å². The third-order valence-corrected chi connectivity index (χ3v) is 7.02. The van der Waals surface area contributed by atoms with Crippen LogP contribution in [0.1, 0.15) is 27.4 Å². The summed E-state index contributed by atoms with van der Waals surface area (Å²) in [6.07, 6.45) is 0. The fourth-order valence-electron chi connectivity index (χ4n) is 3.57. The van der Waals surface area contributed by atoms with Crippen LogP contribution in [0.3, 0.4) is 0 Å². The summed E-state index contributed by atoms with van der Waals surface area (Å²) in [4.78, 5) is 17.5. The Hall–Kier alpha value is -2.98. The number of ether oxygens (including phenoxy) is 1. The van der Waals surface area contributed by atoms with Gasteiger partial charge in [-0.3, -0.25) is 4.79 Å². The standard InChI is InChI=1S/C20H23N5O4S/c1-12-9-13(2)25-19(21-12)18(14(3)23-25)20(26)22-15-10-24(11-15)30(27,28)17-7-5-16(29-4)6-8-17/h5-9,15H,10-11H2,1-4H3,(H,22,26). The molecule has 30 heavy (non-hydrogen) atoms. The van der Waals surface area contributed by atoms with Gasteiger partial charge in [0, 0.05) is 24.5 Å². The average Bonchev–Trinajstić information content (AvgIpc) is 3.00. The second kappa shape index (κ2) is 7.37. The highest BCUT2D eigenvalue weighted by Crippen LogP contribution is 2.24. The molecule has 0 unspecified atom stereocenters. The zero-order valence-corrected chi connectivity index (χ0v) is 18.0. The normalized spacial score (nSPS) is 15.2. The molecule has 0 aliphatic carbocycles. The van der Waals surface area contributed by atoms with Gasteiger partial charge in [-0.2, -0.15) is 9.40 Å². The molecule has 1 aromatic carbocycles. The van der Waals surface area contributed by atoms with Crippen LogP contribution >= 0.6 is 0 Å². The van der Waals surface area contributed by atoms with Crippen molar-refractivity contribution in [2.45, 2.75) is 31.7 Å². The first-order valence-electron chi connectivity index (χ1n) is 9.49. The predicted octanol–water partition coefficient (Wildman–Crippen LogP) is 1.47. The highest BCUT2D eigenvalue weighted by molar-refractivity contribution is 7.89. The average molecular weight is 430 g/mol.